The summed E-state index contributed by atoms with van der Waals surface area (Å²) in [5.41, 5.74) is 2.85. The fraction of sp³-hybridized carbons (Fsp3) is 0.167. The predicted octanol–water partition coefficient (Wildman–Crippen LogP) is 4.40. The van der Waals surface area contributed by atoms with Gasteiger partial charge in [-0.3, -0.25) is 4.79 Å². The van der Waals surface area contributed by atoms with Gasteiger partial charge in [-0.15, -0.1) is 11.3 Å². The number of fused-ring (bicyclic) bond motifs is 1. The Hall–Kier alpha value is -2.33. The van der Waals surface area contributed by atoms with Crippen LogP contribution in [0.4, 0.5) is 5.69 Å². The van der Waals surface area contributed by atoms with Crippen LogP contribution in [0.3, 0.4) is 0 Å². The van der Waals surface area contributed by atoms with E-state index in [0.29, 0.717) is 6.42 Å². The molecule has 0 aliphatic rings. The molecule has 3 rings (SSSR count). The number of anilines is 1. The number of carbonyl (C=O) groups is 1. The van der Waals surface area contributed by atoms with E-state index in [0.717, 1.165) is 28.0 Å². The normalized spacial score (nSPS) is 10.6. The van der Waals surface area contributed by atoms with E-state index >= 15 is 0 Å². The van der Waals surface area contributed by atoms with Crippen LogP contribution >= 0.6 is 11.3 Å². The molecule has 1 N–H and O–H groups in total. The molecule has 3 aromatic rings. The molecule has 2 aromatic carbocycles. The third kappa shape index (κ3) is 3.12. The molecule has 0 radical (unpaired) electrons. The summed E-state index contributed by atoms with van der Waals surface area (Å²) in [7, 11) is 1.65. The summed E-state index contributed by atoms with van der Waals surface area (Å²) in [6.45, 7) is 1.98. The molecule has 3 nitrogen and oxygen atoms in total. The van der Waals surface area contributed by atoms with Crippen molar-refractivity contribution in [3.05, 3.63) is 59.0 Å². The number of hydrogen-bond acceptors (Lipinski definition) is 3. The molecule has 0 fully saturated rings. The minimum Gasteiger partial charge on any atom is -0.496 e. The van der Waals surface area contributed by atoms with E-state index in [-0.39, 0.29) is 5.91 Å². The van der Waals surface area contributed by atoms with E-state index in [4.69, 9.17) is 4.74 Å². The van der Waals surface area contributed by atoms with Gasteiger partial charge in [-0.05, 0) is 59.1 Å². The number of amides is 1. The number of methoxy groups -OCH3 is 1. The maximum atomic E-state index is 12.2. The van der Waals surface area contributed by atoms with Gasteiger partial charge in [0.05, 0.1) is 13.5 Å². The zero-order valence-corrected chi connectivity index (χ0v) is 13.4. The minimum atomic E-state index is -0.0147. The van der Waals surface area contributed by atoms with Crippen molar-refractivity contribution in [2.24, 2.45) is 0 Å². The standard InChI is InChI=1S/C18H17NO2S/c1-12-9-13(3-5-16(12)21-2)10-18(20)19-15-4-6-17-14(11-15)7-8-22-17/h3-9,11H,10H2,1-2H3,(H,19,20). The van der Waals surface area contributed by atoms with Gasteiger partial charge >= 0.3 is 0 Å². The molecule has 4 heteroatoms. The molecule has 1 aromatic heterocycles. The Morgan fingerprint density at radius 3 is 2.82 bits per heavy atom. The second kappa shape index (κ2) is 6.20. The molecule has 0 bridgehead atoms. The van der Waals surface area contributed by atoms with Crippen molar-refractivity contribution in [1.82, 2.24) is 0 Å². The molecule has 0 saturated heterocycles. The quantitative estimate of drug-likeness (QED) is 0.775. The number of rotatable bonds is 4. The fourth-order valence-electron chi connectivity index (χ4n) is 2.49. The van der Waals surface area contributed by atoms with Crippen LogP contribution in [0.25, 0.3) is 10.1 Å². The van der Waals surface area contributed by atoms with Crippen LogP contribution in [0.2, 0.25) is 0 Å². The number of aryl methyl sites for hydroxylation is 1. The third-order valence-corrected chi connectivity index (χ3v) is 4.46. The molecule has 22 heavy (non-hydrogen) atoms. The molecule has 1 amide bonds. The smallest absolute Gasteiger partial charge is 0.228 e. The average Bonchev–Trinajstić information content (AvgIpc) is 2.95. The Bertz CT molecular complexity index is 823. The number of ether oxygens (including phenoxy) is 1. The summed E-state index contributed by atoms with van der Waals surface area (Å²) in [4.78, 5) is 12.2. The largest absolute Gasteiger partial charge is 0.496 e. The zero-order valence-electron chi connectivity index (χ0n) is 12.6. The molecule has 0 saturated carbocycles. The highest BCUT2D eigenvalue weighted by Gasteiger charge is 2.07. The van der Waals surface area contributed by atoms with Crippen molar-refractivity contribution in [2.75, 3.05) is 12.4 Å². The highest BCUT2D eigenvalue weighted by Crippen LogP contribution is 2.24. The summed E-state index contributed by atoms with van der Waals surface area (Å²) in [6, 6.07) is 13.8. The van der Waals surface area contributed by atoms with E-state index in [1.165, 1.54) is 4.70 Å². The van der Waals surface area contributed by atoms with Gasteiger partial charge in [0.15, 0.2) is 0 Å². The maximum absolute atomic E-state index is 12.2. The van der Waals surface area contributed by atoms with Gasteiger partial charge in [0.2, 0.25) is 5.91 Å². The zero-order chi connectivity index (χ0) is 15.5. The molecule has 0 spiro atoms. The number of nitrogens with one attached hydrogen (secondary N) is 1. The Morgan fingerprint density at radius 1 is 1.18 bits per heavy atom. The van der Waals surface area contributed by atoms with Crippen molar-refractivity contribution in [1.29, 1.82) is 0 Å². The minimum absolute atomic E-state index is 0.0147. The fourth-order valence-corrected chi connectivity index (χ4v) is 3.26. The Kier molecular flexibility index (Phi) is 4.11. The van der Waals surface area contributed by atoms with Crippen molar-refractivity contribution < 1.29 is 9.53 Å². The summed E-state index contributed by atoms with van der Waals surface area (Å²) in [5, 5.41) is 6.16. The van der Waals surface area contributed by atoms with Gasteiger partial charge in [0.25, 0.3) is 0 Å². The van der Waals surface area contributed by atoms with Crippen molar-refractivity contribution in [3.63, 3.8) is 0 Å². The van der Waals surface area contributed by atoms with E-state index in [9.17, 15) is 4.79 Å². The second-order valence-corrected chi connectivity index (χ2v) is 6.15. The maximum Gasteiger partial charge on any atom is 0.228 e. The van der Waals surface area contributed by atoms with Gasteiger partial charge in [-0.1, -0.05) is 12.1 Å². The summed E-state index contributed by atoms with van der Waals surface area (Å²) < 4.78 is 6.46. The monoisotopic (exact) mass is 311 g/mol. The predicted molar refractivity (Wildman–Crippen MR) is 91.9 cm³/mol. The lowest BCUT2D eigenvalue weighted by Crippen LogP contribution is -2.14. The number of carbonyl (C=O) groups excluding carboxylic acids is 1. The van der Waals surface area contributed by atoms with Crippen LogP contribution in [-0.4, -0.2) is 13.0 Å². The highest BCUT2D eigenvalue weighted by atomic mass is 32.1. The molecular formula is C18H17NO2S. The van der Waals surface area contributed by atoms with Crippen molar-refractivity contribution >= 4 is 33.0 Å². The van der Waals surface area contributed by atoms with Crippen LogP contribution in [0.15, 0.2) is 47.8 Å². The van der Waals surface area contributed by atoms with Gasteiger partial charge in [0.1, 0.15) is 5.75 Å². The molecule has 0 unspecified atom stereocenters. The number of hydrogen-bond donors (Lipinski definition) is 1. The molecule has 0 aliphatic heterocycles. The first-order valence-corrected chi connectivity index (χ1v) is 7.94. The average molecular weight is 311 g/mol. The second-order valence-electron chi connectivity index (χ2n) is 5.20. The van der Waals surface area contributed by atoms with Crippen LogP contribution in [0.1, 0.15) is 11.1 Å². The Balaban J connectivity index is 1.70. The molecule has 0 aliphatic carbocycles. The van der Waals surface area contributed by atoms with Crippen LogP contribution in [0, 0.1) is 6.92 Å². The molecule has 0 atom stereocenters. The molecular weight excluding hydrogens is 294 g/mol. The van der Waals surface area contributed by atoms with E-state index in [2.05, 4.69) is 16.8 Å². The Labute approximate surface area is 133 Å². The molecule has 112 valence electrons. The van der Waals surface area contributed by atoms with Gasteiger partial charge in [-0.2, -0.15) is 0 Å². The first kappa shape index (κ1) is 14.6. The van der Waals surface area contributed by atoms with Crippen molar-refractivity contribution in [3.8, 4) is 5.75 Å². The Morgan fingerprint density at radius 2 is 2.05 bits per heavy atom. The van der Waals surface area contributed by atoms with Crippen LogP contribution in [-0.2, 0) is 11.2 Å². The van der Waals surface area contributed by atoms with Crippen LogP contribution < -0.4 is 10.1 Å². The van der Waals surface area contributed by atoms with Gasteiger partial charge in [-0.25, -0.2) is 0 Å². The topological polar surface area (TPSA) is 38.3 Å². The van der Waals surface area contributed by atoms with Crippen molar-refractivity contribution in [2.45, 2.75) is 13.3 Å². The van der Waals surface area contributed by atoms with Crippen LogP contribution in [0.5, 0.6) is 5.75 Å². The third-order valence-electron chi connectivity index (χ3n) is 3.56. The van der Waals surface area contributed by atoms with E-state index in [1.807, 2.05) is 43.3 Å². The highest BCUT2D eigenvalue weighted by molar-refractivity contribution is 7.17. The SMILES string of the molecule is COc1ccc(CC(=O)Nc2ccc3sccc3c2)cc1C. The summed E-state index contributed by atoms with van der Waals surface area (Å²) in [5.74, 6) is 0.825. The number of thiophene rings is 1. The first-order chi connectivity index (χ1) is 10.7. The first-order valence-electron chi connectivity index (χ1n) is 7.06. The van der Waals surface area contributed by atoms with E-state index < -0.39 is 0 Å². The lowest BCUT2D eigenvalue weighted by atomic mass is 10.1. The number of benzene rings is 2. The lowest BCUT2D eigenvalue weighted by Gasteiger charge is -2.08. The summed E-state index contributed by atoms with van der Waals surface area (Å²) >= 11 is 1.70. The van der Waals surface area contributed by atoms with E-state index in [1.54, 1.807) is 18.4 Å². The van der Waals surface area contributed by atoms with Gasteiger partial charge in [0, 0.05) is 10.4 Å². The van der Waals surface area contributed by atoms with Gasteiger partial charge < -0.3 is 10.1 Å². The lowest BCUT2D eigenvalue weighted by molar-refractivity contribution is -0.115. The summed E-state index contributed by atoms with van der Waals surface area (Å²) in [6.07, 6.45) is 0.354. The molecule has 1 heterocycles.